The van der Waals surface area contributed by atoms with Gasteiger partial charge in [-0.1, -0.05) is 6.92 Å². The van der Waals surface area contributed by atoms with Gasteiger partial charge in [-0.25, -0.2) is 0 Å². The Morgan fingerprint density at radius 2 is 1.94 bits per heavy atom. The van der Waals surface area contributed by atoms with Crippen molar-refractivity contribution in [3.8, 4) is 0 Å². The Morgan fingerprint density at radius 1 is 1.35 bits per heavy atom. The smallest absolute Gasteiger partial charge is 0.176 e. The van der Waals surface area contributed by atoms with Gasteiger partial charge in [0.1, 0.15) is 0 Å². The fraction of sp³-hybridized carbons (Fsp3) is 1.00. The maximum absolute atomic E-state index is 5.99. The molecule has 0 radical (unpaired) electrons. The van der Waals surface area contributed by atoms with Gasteiger partial charge in [0.05, 0.1) is 5.54 Å². The third-order valence-electron chi connectivity index (χ3n) is 4.14. The lowest BCUT2D eigenvalue weighted by molar-refractivity contribution is -0.192. The van der Waals surface area contributed by atoms with E-state index in [4.69, 9.17) is 15.2 Å². The fourth-order valence-electron chi connectivity index (χ4n) is 3.12. The molecule has 4 nitrogen and oxygen atoms in total. The van der Waals surface area contributed by atoms with E-state index in [1.165, 1.54) is 12.8 Å². The summed E-state index contributed by atoms with van der Waals surface area (Å²) in [4.78, 5) is 2.45. The number of nitrogens with two attached hydrogens (primary N) is 1. The Labute approximate surface area is 105 Å². The van der Waals surface area contributed by atoms with Gasteiger partial charge in [-0.15, -0.1) is 0 Å². The van der Waals surface area contributed by atoms with Crippen molar-refractivity contribution in [3.63, 3.8) is 0 Å². The highest BCUT2D eigenvalue weighted by atomic mass is 16.7. The van der Waals surface area contributed by atoms with E-state index in [2.05, 4.69) is 25.7 Å². The van der Waals surface area contributed by atoms with E-state index >= 15 is 0 Å². The second-order valence-corrected chi connectivity index (χ2v) is 5.54. The second kappa shape index (κ2) is 6.14. The molecule has 17 heavy (non-hydrogen) atoms. The molecule has 0 aromatic carbocycles. The van der Waals surface area contributed by atoms with Crippen molar-refractivity contribution in [1.82, 2.24) is 4.90 Å². The number of hydrogen-bond acceptors (Lipinski definition) is 4. The number of rotatable bonds is 5. The molecule has 1 heterocycles. The predicted molar refractivity (Wildman–Crippen MR) is 69.8 cm³/mol. The van der Waals surface area contributed by atoms with Gasteiger partial charge in [-0.3, -0.25) is 4.90 Å². The first-order chi connectivity index (χ1) is 7.99. The maximum Gasteiger partial charge on any atom is 0.176 e. The molecule has 1 aliphatic rings. The van der Waals surface area contributed by atoms with E-state index < -0.39 is 0 Å². The minimum absolute atomic E-state index is 0.247. The molecule has 4 heteroatoms. The lowest BCUT2D eigenvalue weighted by atomic mass is 9.87. The Morgan fingerprint density at radius 3 is 2.35 bits per heavy atom. The Hall–Kier alpha value is -0.160. The lowest BCUT2D eigenvalue weighted by Gasteiger charge is -2.50. The van der Waals surface area contributed by atoms with Crippen molar-refractivity contribution >= 4 is 0 Å². The Kier molecular flexibility index (Phi) is 5.38. The fourth-order valence-corrected chi connectivity index (χ4v) is 3.12. The van der Waals surface area contributed by atoms with E-state index in [9.17, 15) is 0 Å². The summed E-state index contributed by atoms with van der Waals surface area (Å²) in [7, 11) is 3.36. The van der Waals surface area contributed by atoms with E-state index in [1.54, 1.807) is 14.2 Å². The molecule has 2 N–H and O–H groups in total. The number of hydrogen-bond donors (Lipinski definition) is 1. The summed E-state index contributed by atoms with van der Waals surface area (Å²) in [5.74, 6) is 0.798. The molecule has 0 amide bonds. The van der Waals surface area contributed by atoms with Gasteiger partial charge in [0.2, 0.25) is 0 Å². The maximum atomic E-state index is 5.99. The molecule has 1 rings (SSSR count). The number of methoxy groups -OCH3 is 2. The van der Waals surface area contributed by atoms with Crippen molar-refractivity contribution in [2.45, 2.75) is 51.5 Å². The molecular weight excluding hydrogens is 216 g/mol. The van der Waals surface area contributed by atoms with Crippen LogP contribution in [-0.4, -0.2) is 50.1 Å². The second-order valence-electron chi connectivity index (χ2n) is 5.54. The zero-order valence-electron chi connectivity index (χ0n) is 11.9. The van der Waals surface area contributed by atoms with Crippen molar-refractivity contribution in [2.24, 2.45) is 11.7 Å². The summed E-state index contributed by atoms with van der Waals surface area (Å²) in [5, 5.41) is 0. The van der Waals surface area contributed by atoms with Crippen LogP contribution in [0.5, 0.6) is 0 Å². The first-order valence-electron chi connectivity index (χ1n) is 6.52. The number of likely N-dealkylation sites (tertiary alicyclic amines) is 1. The zero-order valence-corrected chi connectivity index (χ0v) is 11.9. The van der Waals surface area contributed by atoms with Gasteiger partial charge in [0, 0.05) is 26.8 Å². The number of ether oxygens (including phenoxy) is 2. The minimum atomic E-state index is -0.275. The van der Waals surface area contributed by atoms with Crippen LogP contribution in [0.1, 0.15) is 33.6 Å². The summed E-state index contributed by atoms with van der Waals surface area (Å²) in [5.41, 5.74) is 5.74. The summed E-state index contributed by atoms with van der Waals surface area (Å²) in [6, 6.07) is 0.528. The predicted octanol–water partition coefficient (Wildman–Crippen LogP) is 1.44. The first-order valence-corrected chi connectivity index (χ1v) is 6.52. The average Bonchev–Trinajstić information content (AvgIpc) is 2.30. The molecule has 1 aliphatic heterocycles. The summed E-state index contributed by atoms with van der Waals surface area (Å²) < 4.78 is 10.9. The van der Waals surface area contributed by atoms with E-state index in [0.29, 0.717) is 12.6 Å². The van der Waals surface area contributed by atoms with Gasteiger partial charge >= 0.3 is 0 Å². The summed E-state index contributed by atoms with van der Waals surface area (Å²) >= 11 is 0. The highest BCUT2D eigenvalue weighted by Crippen LogP contribution is 2.31. The van der Waals surface area contributed by atoms with Crippen LogP contribution in [0.4, 0.5) is 0 Å². The van der Waals surface area contributed by atoms with Gasteiger partial charge in [0.25, 0.3) is 0 Å². The molecule has 0 bridgehead atoms. The number of nitrogens with zero attached hydrogens (tertiary/aromatic N) is 1. The molecule has 0 saturated carbocycles. The van der Waals surface area contributed by atoms with Crippen LogP contribution in [0.15, 0.2) is 0 Å². The Balaban J connectivity index is 2.84. The van der Waals surface area contributed by atoms with Crippen LogP contribution < -0.4 is 5.73 Å². The van der Waals surface area contributed by atoms with Crippen LogP contribution in [-0.2, 0) is 9.47 Å². The largest absolute Gasteiger partial charge is 0.354 e. The van der Waals surface area contributed by atoms with E-state index in [0.717, 1.165) is 12.5 Å². The molecule has 0 aromatic heterocycles. The quantitative estimate of drug-likeness (QED) is 0.744. The molecule has 3 atom stereocenters. The van der Waals surface area contributed by atoms with Gasteiger partial charge in [-0.05, 0) is 39.2 Å². The van der Waals surface area contributed by atoms with Crippen molar-refractivity contribution < 1.29 is 9.47 Å². The van der Waals surface area contributed by atoms with Crippen molar-refractivity contribution in [1.29, 1.82) is 0 Å². The molecule has 0 aliphatic carbocycles. The van der Waals surface area contributed by atoms with Crippen LogP contribution >= 0.6 is 0 Å². The molecule has 102 valence electrons. The van der Waals surface area contributed by atoms with E-state index in [1.807, 2.05) is 0 Å². The van der Waals surface area contributed by atoms with Gasteiger partial charge in [-0.2, -0.15) is 0 Å². The molecular formula is C13H28N2O2. The topological polar surface area (TPSA) is 47.7 Å². The van der Waals surface area contributed by atoms with Crippen molar-refractivity contribution in [2.75, 3.05) is 27.3 Å². The van der Waals surface area contributed by atoms with Crippen molar-refractivity contribution in [3.05, 3.63) is 0 Å². The molecule has 1 saturated heterocycles. The first kappa shape index (κ1) is 14.9. The molecule has 1 fully saturated rings. The molecule has 0 spiro atoms. The lowest BCUT2D eigenvalue weighted by Crippen LogP contribution is -2.64. The summed E-state index contributed by atoms with van der Waals surface area (Å²) in [6.07, 6.45) is 2.17. The van der Waals surface area contributed by atoms with Crippen LogP contribution in [0, 0.1) is 5.92 Å². The zero-order chi connectivity index (χ0) is 13.1. The van der Waals surface area contributed by atoms with Crippen LogP contribution in [0.25, 0.3) is 0 Å². The van der Waals surface area contributed by atoms with Gasteiger partial charge < -0.3 is 15.2 Å². The standard InChI is InChI=1S/C13H28N2O2/c1-10-6-7-15(11(2)8-10)13(3,9-14)12(16-4)17-5/h10-12H,6-9,14H2,1-5H3. The Bertz CT molecular complexity index is 233. The van der Waals surface area contributed by atoms with Crippen LogP contribution in [0.2, 0.25) is 0 Å². The highest BCUT2D eigenvalue weighted by molar-refractivity contribution is 4.95. The SMILES string of the molecule is COC(OC)C(C)(CN)N1CCC(C)CC1C. The third kappa shape index (κ3) is 2.99. The monoisotopic (exact) mass is 244 g/mol. The minimum Gasteiger partial charge on any atom is -0.354 e. The summed E-state index contributed by atoms with van der Waals surface area (Å²) in [6.45, 7) is 8.33. The highest BCUT2D eigenvalue weighted by Gasteiger charge is 2.43. The normalized spacial score (nSPS) is 30.5. The average molecular weight is 244 g/mol. The third-order valence-corrected chi connectivity index (χ3v) is 4.14. The van der Waals surface area contributed by atoms with E-state index in [-0.39, 0.29) is 11.8 Å². The molecule has 3 unspecified atom stereocenters. The van der Waals surface area contributed by atoms with Gasteiger partial charge in [0.15, 0.2) is 6.29 Å². The molecule has 0 aromatic rings. The number of piperidine rings is 1. The van der Waals surface area contributed by atoms with Crippen LogP contribution in [0.3, 0.4) is 0 Å².